The SMILES string of the molecule is CC1(C)CC(NC(=O)[C@@H]2CCCN(c3c(-c4ccccc4)c4cc(Cl)ccc4[nH]c3=O)C2)CC(C)(C)N1. The summed E-state index contributed by atoms with van der Waals surface area (Å²) >= 11 is 6.39. The van der Waals surface area contributed by atoms with Gasteiger partial charge in [-0.25, -0.2) is 0 Å². The average molecular weight is 521 g/mol. The van der Waals surface area contributed by atoms with Crippen molar-refractivity contribution in [3.8, 4) is 11.1 Å². The van der Waals surface area contributed by atoms with Gasteiger partial charge in [-0.15, -0.1) is 0 Å². The molecule has 196 valence electrons. The van der Waals surface area contributed by atoms with Crippen LogP contribution in [0.4, 0.5) is 5.69 Å². The number of hydrogen-bond donors (Lipinski definition) is 3. The first kappa shape index (κ1) is 25.8. The minimum absolute atomic E-state index is 0.0391. The summed E-state index contributed by atoms with van der Waals surface area (Å²) < 4.78 is 0. The third kappa shape index (κ3) is 5.55. The van der Waals surface area contributed by atoms with Crippen LogP contribution < -0.4 is 21.1 Å². The van der Waals surface area contributed by atoms with Crippen molar-refractivity contribution in [2.24, 2.45) is 5.92 Å². The second kappa shape index (κ2) is 9.80. The minimum atomic E-state index is -0.173. The first-order chi connectivity index (χ1) is 17.5. The molecule has 37 heavy (non-hydrogen) atoms. The summed E-state index contributed by atoms with van der Waals surface area (Å²) in [6, 6.07) is 15.6. The molecule has 3 N–H and O–H groups in total. The van der Waals surface area contributed by atoms with Crippen molar-refractivity contribution in [1.82, 2.24) is 15.6 Å². The van der Waals surface area contributed by atoms with Crippen LogP contribution in [0, 0.1) is 5.92 Å². The fraction of sp³-hybridized carbons (Fsp3) is 0.467. The molecule has 3 heterocycles. The van der Waals surface area contributed by atoms with Crippen molar-refractivity contribution in [3.63, 3.8) is 0 Å². The Morgan fingerprint density at radius 2 is 1.76 bits per heavy atom. The number of piperidine rings is 2. The highest BCUT2D eigenvalue weighted by molar-refractivity contribution is 6.31. The van der Waals surface area contributed by atoms with Crippen LogP contribution in [-0.2, 0) is 4.79 Å². The van der Waals surface area contributed by atoms with Crippen LogP contribution in [-0.4, -0.2) is 41.1 Å². The molecular weight excluding hydrogens is 484 g/mol. The quantitative estimate of drug-likeness (QED) is 0.425. The summed E-state index contributed by atoms with van der Waals surface area (Å²) in [4.78, 5) is 32.2. The molecule has 1 atom stereocenters. The van der Waals surface area contributed by atoms with Gasteiger partial charge in [-0.05, 0) is 77.1 Å². The van der Waals surface area contributed by atoms with Gasteiger partial charge in [-0.2, -0.15) is 0 Å². The fourth-order valence-electron chi connectivity index (χ4n) is 6.59. The van der Waals surface area contributed by atoms with E-state index in [1.165, 1.54) is 0 Å². The van der Waals surface area contributed by atoms with Gasteiger partial charge >= 0.3 is 0 Å². The molecule has 1 amide bonds. The minimum Gasteiger partial charge on any atom is -0.366 e. The van der Waals surface area contributed by atoms with Gasteiger partial charge < -0.3 is 20.5 Å². The first-order valence-corrected chi connectivity index (χ1v) is 13.6. The van der Waals surface area contributed by atoms with E-state index < -0.39 is 0 Å². The second-order valence-electron chi connectivity index (χ2n) is 12.0. The zero-order valence-corrected chi connectivity index (χ0v) is 22.9. The molecule has 0 aliphatic carbocycles. The lowest BCUT2D eigenvalue weighted by atomic mass is 9.79. The van der Waals surface area contributed by atoms with E-state index in [-0.39, 0.29) is 34.5 Å². The smallest absolute Gasteiger partial charge is 0.272 e. The molecule has 0 saturated carbocycles. The van der Waals surface area contributed by atoms with Crippen molar-refractivity contribution in [3.05, 3.63) is 63.9 Å². The number of H-pyrrole nitrogens is 1. The number of nitrogens with zero attached hydrogens (tertiary/aromatic N) is 1. The van der Waals surface area contributed by atoms with Crippen LogP contribution in [0.3, 0.4) is 0 Å². The van der Waals surface area contributed by atoms with Gasteiger partial charge in [0.2, 0.25) is 5.91 Å². The standard InChI is InChI=1S/C30H37ClN4O2/c1-29(2)16-22(17-30(3,4)34-29)32-27(36)20-11-8-14-35(18-20)26-25(19-9-6-5-7-10-19)23-15-21(31)12-13-24(23)33-28(26)37/h5-7,9-10,12-13,15,20,22,34H,8,11,14,16-18H2,1-4H3,(H,32,36)(H,33,37)/t20-/m1/s1. The maximum absolute atomic E-state index is 13.5. The number of nitrogens with one attached hydrogen (secondary N) is 3. The van der Waals surface area contributed by atoms with E-state index in [1.807, 2.05) is 42.5 Å². The molecular formula is C30H37ClN4O2. The zero-order valence-electron chi connectivity index (χ0n) is 22.2. The zero-order chi connectivity index (χ0) is 26.4. The molecule has 2 saturated heterocycles. The Morgan fingerprint density at radius 3 is 2.46 bits per heavy atom. The van der Waals surface area contributed by atoms with Gasteiger partial charge in [0.15, 0.2) is 0 Å². The Balaban J connectivity index is 1.46. The molecule has 1 aromatic heterocycles. The van der Waals surface area contributed by atoms with Crippen LogP contribution >= 0.6 is 11.6 Å². The summed E-state index contributed by atoms with van der Waals surface area (Å²) in [6.07, 6.45) is 3.45. The Hall–Kier alpha value is -2.83. The number of anilines is 1. The Kier molecular flexibility index (Phi) is 6.84. The largest absolute Gasteiger partial charge is 0.366 e. The molecule has 6 nitrogen and oxygen atoms in total. The van der Waals surface area contributed by atoms with Gasteiger partial charge in [0.05, 0.1) is 5.92 Å². The summed E-state index contributed by atoms with van der Waals surface area (Å²) in [7, 11) is 0. The van der Waals surface area contributed by atoms with Crippen molar-refractivity contribution in [1.29, 1.82) is 0 Å². The predicted molar refractivity (Wildman–Crippen MR) is 152 cm³/mol. The lowest BCUT2D eigenvalue weighted by molar-refractivity contribution is -0.126. The highest BCUT2D eigenvalue weighted by Crippen LogP contribution is 2.37. The van der Waals surface area contributed by atoms with Crippen LogP contribution in [0.15, 0.2) is 53.3 Å². The summed E-state index contributed by atoms with van der Waals surface area (Å²) in [5.74, 6) is -0.0855. The molecule has 5 rings (SSSR count). The number of fused-ring (bicyclic) bond motifs is 1. The molecule has 0 bridgehead atoms. The van der Waals surface area contributed by atoms with Crippen molar-refractivity contribution in [2.45, 2.75) is 70.5 Å². The van der Waals surface area contributed by atoms with E-state index in [2.05, 4.69) is 48.2 Å². The average Bonchev–Trinajstić information content (AvgIpc) is 2.82. The van der Waals surface area contributed by atoms with Gasteiger partial charge in [-0.3, -0.25) is 9.59 Å². The normalized spacial score (nSPS) is 21.6. The van der Waals surface area contributed by atoms with E-state index in [0.29, 0.717) is 17.3 Å². The summed E-state index contributed by atoms with van der Waals surface area (Å²) in [5.41, 5.74) is 2.97. The van der Waals surface area contributed by atoms with Crippen LogP contribution in [0.25, 0.3) is 22.0 Å². The monoisotopic (exact) mass is 520 g/mol. The van der Waals surface area contributed by atoms with Crippen molar-refractivity contribution in [2.75, 3.05) is 18.0 Å². The number of benzene rings is 2. The number of halogens is 1. The number of hydrogen-bond acceptors (Lipinski definition) is 4. The number of carbonyl (C=O) groups excluding carboxylic acids is 1. The molecule has 2 aliphatic rings. The first-order valence-electron chi connectivity index (χ1n) is 13.3. The van der Waals surface area contributed by atoms with Crippen molar-refractivity contribution >= 4 is 34.1 Å². The Bertz CT molecular complexity index is 1350. The molecule has 2 aromatic carbocycles. The summed E-state index contributed by atoms with van der Waals surface area (Å²) in [5, 5.41) is 8.56. The van der Waals surface area contributed by atoms with Gasteiger partial charge in [0, 0.05) is 51.7 Å². The third-order valence-corrected chi connectivity index (χ3v) is 7.89. The lowest BCUT2D eigenvalue weighted by Crippen LogP contribution is -2.62. The molecule has 7 heteroatoms. The predicted octanol–water partition coefficient (Wildman–Crippen LogP) is 5.49. The molecule has 0 spiro atoms. The lowest BCUT2D eigenvalue weighted by Gasteiger charge is -2.47. The Morgan fingerprint density at radius 1 is 1.05 bits per heavy atom. The molecule has 2 aliphatic heterocycles. The number of carbonyl (C=O) groups is 1. The van der Waals surface area contributed by atoms with E-state index in [9.17, 15) is 9.59 Å². The van der Waals surface area contributed by atoms with E-state index in [1.54, 1.807) is 6.07 Å². The number of pyridine rings is 1. The molecule has 0 radical (unpaired) electrons. The van der Waals surface area contributed by atoms with Gasteiger partial charge in [0.25, 0.3) is 5.56 Å². The topological polar surface area (TPSA) is 77.2 Å². The van der Waals surface area contributed by atoms with Crippen LogP contribution in [0.5, 0.6) is 0 Å². The molecule has 0 unspecified atom stereocenters. The third-order valence-electron chi connectivity index (χ3n) is 7.66. The number of amides is 1. The second-order valence-corrected chi connectivity index (χ2v) is 12.5. The number of aromatic amines is 1. The van der Waals surface area contributed by atoms with Crippen molar-refractivity contribution < 1.29 is 4.79 Å². The van der Waals surface area contributed by atoms with Gasteiger partial charge in [0.1, 0.15) is 5.69 Å². The summed E-state index contributed by atoms with van der Waals surface area (Å²) in [6.45, 7) is 10.0. The van der Waals surface area contributed by atoms with E-state index in [4.69, 9.17) is 11.6 Å². The number of rotatable bonds is 4. The molecule has 2 fully saturated rings. The highest BCUT2D eigenvalue weighted by Gasteiger charge is 2.39. The molecule has 3 aromatic rings. The number of aromatic nitrogens is 1. The maximum Gasteiger partial charge on any atom is 0.272 e. The van der Waals surface area contributed by atoms with Crippen LogP contribution in [0.1, 0.15) is 53.4 Å². The van der Waals surface area contributed by atoms with E-state index >= 15 is 0 Å². The van der Waals surface area contributed by atoms with Crippen LogP contribution in [0.2, 0.25) is 5.02 Å². The van der Waals surface area contributed by atoms with Gasteiger partial charge in [-0.1, -0.05) is 41.9 Å². The maximum atomic E-state index is 13.5. The Labute approximate surface area is 223 Å². The van der Waals surface area contributed by atoms with E-state index in [0.717, 1.165) is 54.3 Å². The fourth-order valence-corrected chi connectivity index (χ4v) is 6.76. The highest BCUT2D eigenvalue weighted by atomic mass is 35.5.